The van der Waals surface area contributed by atoms with E-state index in [1.54, 1.807) is 0 Å². The summed E-state index contributed by atoms with van der Waals surface area (Å²) in [4.78, 5) is 0. The van der Waals surface area contributed by atoms with E-state index in [9.17, 15) is 0 Å². The summed E-state index contributed by atoms with van der Waals surface area (Å²) in [6, 6.07) is 0. The third-order valence-corrected chi connectivity index (χ3v) is 2.18. The molecule has 0 unspecified atom stereocenters. The molecular formula is C8H17Dy. The topological polar surface area (TPSA) is 0 Å². The summed E-state index contributed by atoms with van der Waals surface area (Å²) in [5, 5.41) is 0. The predicted octanol–water partition coefficient (Wildman–Crippen LogP) is 3.31. The first-order valence-electron chi connectivity index (χ1n) is 3.93. The van der Waals surface area contributed by atoms with E-state index in [-0.39, 0.29) is 0 Å². The molecule has 0 bridgehead atoms. The van der Waals surface area contributed by atoms with Crippen molar-refractivity contribution in [2.24, 2.45) is 0 Å². The van der Waals surface area contributed by atoms with E-state index in [1.165, 1.54) is 41.0 Å². The molecule has 0 nitrogen and oxygen atoms in total. The average Bonchev–Trinajstić information content (AvgIpc) is 1.89. The van der Waals surface area contributed by atoms with Crippen LogP contribution in [0, 0.1) is 36.2 Å². The van der Waals surface area contributed by atoms with Crippen molar-refractivity contribution in [3.63, 3.8) is 0 Å². The van der Waals surface area contributed by atoms with Crippen LogP contribution in [0.4, 0.5) is 0 Å². The van der Waals surface area contributed by atoms with Crippen LogP contribution in [0.3, 0.4) is 0 Å². The number of rotatable bonds is 6. The summed E-state index contributed by atoms with van der Waals surface area (Å²) in [7, 11) is 0. The molecule has 0 aromatic carbocycles. The van der Waals surface area contributed by atoms with Gasteiger partial charge in [0.05, 0.1) is 0 Å². The Morgan fingerprint density at radius 2 is 1.44 bits per heavy atom. The second kappa shape index (κ2) is 9.27. The molecule has 0 rings (SSSR count). The molecule has 0 aromatic rings. The van der Waals surface area contributed by atoms with Gasteiger partial charge in [-0.2, -0.15) is 0 Å². The van der Waals surface area contributed by atoms with Crippen LogP contribution in [0.2, 0.25) is 2.46 Å². The second-order valence-electron chi connectivity index (χ2n) is 2.43. The maximum atomic E-state index is 2.43. The normalized spacial score (nSPS) is 10.1. The van der Waals surface area contributed by atoms with Gasteiger partial charge in [0.2, 0.25) is 0 Å². The Hall–Kier alpha value is 1.27. The summed E-state index contributed by atoms with van der Waals surface area (Å²) in [5.41, 5.74) is 0. The summed E-state index contributed by atoms with van der Waals surface area (Å²) in [6.07, 6.45) is 8.57. The van der Waals surface area contributed by atoms with Gasteiger partial charge in [0.1, 0.15) is 0 Å². The van der Waals surface area contributed by atoms with Gasteiger partial charge in [0.15, 0.2) is 0 Å². The van der Waals surface area contributed by atoms with Gasteiger partial charge >= 0.3 is 84.1 Å². The maximum absolute atomic E-state index is 2.43. The first-order chi connectivity index (χ1) is 4.41. The Balaban J connectivity index is 2.60. The Bertz CT molecular complexity index is 37.8. The molecule has 0 spiro atoms. The van der Waals surface area contributed by atoms with Crippen molar-refractivity contribution in [1.29, 1.82) is 0 Å². The van der Waals surface area contributed by atoms with Crippen molar-refractivity contribution in [1.82, 2.24) is 0 Å². The summed E-state index contributed by atoms with van der Waals surface area (Å²) in [6.45, 7) is 2.26. The van der Waals surface area contributed by atoms with Crippen LogP contribution in [0.15, 0.2) is 0 Å². The van der Waals surface area contributed by atoms with Crippen molar-refractivity contribution in [3.8, 4) is 0 Å². The quantitative estimate of drug-likeness (QED) is 0.653. The van der Waals surface area contributed by atoms with Crippen molar-refractivity contribution in [2.75, 3.05) is 0 Å². The number of unbranched alkanes of at least 4 members (excludes halogenated alkanes) is 5. The summed E-state index contributed by atoms with van der Waals surface area (Å²) >= 11 is 2.43. The molecule has 0 saturated heterocycles. The first-order valence-corrected chi connectivity index (χ1v) is 5.37. The molecule has 0 N–H and O–H groups in total. The van der Waals surface area contributed by atoms with Gasteiger partial charge in [-0.25, -0.2) is 0 Å². The Morgan fingerprint density at radius 3 is 2.00 bits per heavy atom. The molecule has 0 radical (unpaired) electrons. The molecule has 0 heterocycles. The molecule has 9 heavy (non-hydrogen) atoms. The molecule has 0 amide bonds. The summed E-state index contributed by atoms with van der Waals surface area (Å²) in [5.74, 6) is 0. The van der Waals surface area contributed by atoms with Crippen LogP contribution in [0.5, 0.6) is 0 Å². The van der Waals surface area contributed by atoms with Gasteiger partial charge in [-0.05, 0) is 0 Å². The third-order valence-electron chi connectivity index (χ3n) is 1.47. The fraction of sp³-hybridized carbons (Fsp3) is 1.00. The van der Waals surface area contributed by atoms with Crippen LogP contribution in [0.1, 0.15) is 45.4 Å². The minimum absolute atomic E-state index is 1.34. The van der Waals surface area contributed by atoms with E-state index in [2.05, 4.69) is 43.1 Å². The van der Waals surface area contributed by atoms with Gasteiger partial charge in [0, 0.05) is 0 Å². The molecule has 0 aliphatic rings. The van der Waals surface area contributed by atoms with E-state index in [1.807, 2.05) is 0 Å². The van der Waals surface area contributed by atoms with Crippen LogP contribution in [-0.2, 0) is 0 Å². The summed E-state index contributed by atoms with van der Waals surface area (Å²) < 4.78 is 1.34. The van der Waals surface area contributed by atoms with E-state index in [0.29, 0.717) is 0 Å². The zero-order valence-electron chi connectivity index (χ0n) is 6.27. The SMILES string of the molecule is CCCCCCC[CH2][Dy]. The monoisotopic (exact) mass is 277 g/mol. The molecule has 1 heteroatoms. The Morgan fingerprint density at radius 1 is 0.889 bits per heavy atom. The van der Waals surface area contributed by atoms with E-state index < -0.39 is 0 Å². The number of hydrogen-bond acceptors (Lipinski definition) is 0. The first kappa shape index (κ1) is 10.3. The Labute approximate surface area is 83.4 Å². The molecule has 0 aliphatic heterocycles. The zero-order chi connectivity index (χ0) is 6.95. The third kappa shape index (κ3) is 9.27. The van der Waals surface area contributed by atoms with Crippen LogP contribution in [0.25, 0.3) is 0 Å². The van der Waals surface area contributed by atoms with Gasteiger partial charge in [-0.15, -0.1) is 0 Å². The van der Waals surface area contributed by atoms with Crippen molar-refractivity contribution in [3.05, 3.63) is 0 Å². The van der Waals surface area contributed by atoms with Crippen molar-refractivity contribution >= 4 is 0 Å². The predicted molar refractivity (Wildman–Crippen MR) is 38.2 cm³/mol. The Kier molecular flexibility index (Phi) is 10.6. The molecule has 0 aromatic heterocycles. The minimum atomic E-state index is 1.34. The van der Waals surface area contributed by atoms with E-state index in [0.717, 1.165) is 0 Å². The van der Waals surface area contributed by atoms with Crippen molar-refractivity contribution in [2.45, 2.75) is 47.9 Å². The fourth-order valence-corrected chi connectivity index (χ4v) is 1.37. The second-order valence-corrected chi connectivity index (χ2v) is 3.44. The van der Waals surface area contributed by atoms with Gasteiger partial charge in [-0.1, -0.05) is 0 Å². The van der Waals surface area contributed by atoms with Crippen LogP contribution >= 0.6 is 0 Å². The molecule has 0 atom stereocenters. The van der Waals surface area contributed by atoms with Gasteiger partial charge in [-0.3, -0.25) is 0 Å². The fourth-order valence-electron chi connectivity index (χ4n) is 0.859. The van der Waals surface area contributed by atoms with E-state index >= 15 is 0 Å². The van der Waals surface area contributed by atoms with Gasteiger partial charge < -0.3 is 0 Å². The van der Waals surface area contributed by atoms with E-state index in [4.69, 9.17) is 0 Å². The number of hydrogen-bond donors (Lipinski definition) is 0. The molecule has 0 saturated carbocycles. The standard InChI is InChI=1S/C8H17.Dy/c1-3-5-7-8-6-4-2;/h1,3-8H2,2H3;. The molecule has 0 aliphatic carbocycles. The van der Waals surface area contributed by atoms with Gasteiger partial charge in [0.25, 0.3) is 0 Å². The molecule has 59 valence electrons. The van der Waals surface area contributed by atoms with Crippen LogP contribution < -0.4 is 0 Å². The zero-order valence-corrected chi connectivity index (χ0v) is 8.29. The van der Waals surface area contributed by atoms with Crippen molar-refractivity contribution < 1.29 is 36.2 Å². The van der Waals surface area contributed by atoms with Crippen LogP contribution in [-0.4, -0.2) is 0 Å². The molecular weight excluding hydrogens is 259 g/mol. The average molecular weight is 276 g/mol. The molecule has 0 fully saturated rings.